The molecule has 0 radical (unpaired) electrons. The molecule has 1 aliphatic rings. The zero-order valence-electron chi connectivity index (χ0n) is 20.1. The predicted molar refractivity (Wildman–Crippen MR) is 136 cm³/mol. The van der Waals surface area contributed by atoms with E-state index in [1.807, 2.05) is 6.20 Å². The van der Waals surface area contributed by atoms with Crippen molar-refractivity contribution in [2.24, 2.45) is 5.41 Å². The number of amides is 2. The van der Waals surface area contributed by atoms with Gasteiger partial charge < -0.3 is 10.6 Å². The summed E-state index contributed by atoms with van der Waals surface area (Å²) in [5.41, 5.74) is 3.18. The Kier molecular flexibility index (Phi) is 6.03. The Labute approximate surface area is 211 Å². The van der Waals surface area contributed by atoms with E-state index < -0.39 is 0 Å². The molecule has 0 spiro atoms. The average Bonchev–Trinajstić information content (AvgIpc) is 3.50. The summed E-state index contributed by atoms with van der Waals surface area (Å²) in [4.78, 5) is 33.6. The van der Waals surface area contributed by atoms with Gasteiger partial charge in [-0.2, -0.15) is 15.5 Å². The molecule has 36 heavy (non-hydrogen) atoms. The van der Waals surface area contributed by atoms with Crippen LogP contribution in [0, 0.1) is 23.7 Å². The molecule has 2 N–H and O–H groups in total. The van der Waals surface area contributed by atoms with Crippen LogP contribution in [0.5, 0.6) is 0 Å². The van der Waals surface area contributed by atoms with Crippen molar-refractivity contribution < 1.29 is 9.59 Å². The highest BCUT2D eigenvalue weighted by atomic mass is 32.1. The fourth-order valence-corrected chi connectivity index (χ4v) is 5.36. The number of nitrogens with one attached hydrogen (secondary N) is 2. The number of rotatable bonds is 7. The van der Waals surface area contributed by atoms with Crippen molar-refractivity contribution in [2.45, 2.75) is 27.3 Å². The van der Waals surface area contributed by atoms with Crippen molar-refractivity contribution in [2.75, 3.05) is 30.3 Å². The molecular formula is C24H25N9O2S. The van der Waals surface area contributed by atoms with Gasteiger partial charge in [0, 0.05) is 31.0 Å². The van der Waals surface area contributed by atoms with Gasteiger partial charge in [-0.25, -0.2) is 4.52 Å². The Bertz CT molecular complexity index is 1500. The van der Waals surface area contributed by atoms with Gasteiger partial charge in [0.15, 0.2) is 0 Å². The van der Waals surface area contributed by atoms with Crippen LogP contribution >= 0.6 is 11.3 Å². The standard InChI is InChI=1S/C24H25N9O2S/c1-15-19(6-17(8-26-15)29-21(34)12-31-13-24(2,3)14-31)30-22(35)18-9-28-33-11-20(36-23(18)33)16-7-27-32(10-16)5-4-25/h6-11H,5,12-14H2,1-3H3,(H,29,34)(H,30,35). The number of carbonyl (C=O) groups excluding carboxylic acids is 2. The number of hydrogen-bond donors (Lipinski definition) is 2. The molecule has 1 fully saturated rings. The second kappa shape index (κ2) is 9.18. The van der Waals surface area contributed by atoms with E-state index in [0.29, 0.717) is 34.0 Å². The second-order valence-electron chi connectivity index (χ2n) is 9.66. The van der Waals surface area contributed by atoms with Crippen LogP contribution in [0.15, 0.2) is 37.1 Å². The predicted octanol–water partition coefficient (Wildman–Crippen LogP) is 3.02. The summed E-state index contributed by atoms with van der Waals surface area (Å²) < 4.78 is 3.20. The largest absolute Gasteiger partial charge is 0.324 e. The number of aromatic nitrogens is 5. The van der Waals surface area contributed by atoms with E-state index in [1.54, 1.807) is 40.8 Å². The van der Waals surface area contributed by atoms with E-state index in [4.69, 9.17) is 5.26 Å². The highest BCUT2D eigenvalue weighted by Gasteiger charge is 2.34. The quantitative estimate of drug-likeness (QED) is 0.396. The minimum Gasteiger partial charge on any atom is -0.324 e. The topological polar surface area (TPSA) is 133 Å². The van der Waals surface area contributed by atoms with Gasteiger partial charge in [-0.1, -0.05) is 13.8 Å². The maximum absolute atomic E-state index is 13.1. The van der Waals surface area contributed by atoms with Crippen LogP contribution in [0.4, 0.5) is 11.4 Å². The Morgan fingerprint density at radius 3 is 2.72 bits per heavy atom. The van der Waals surface area contributed by atoms with Crippen LogP contribution in [0.1, 0.15) is 29.9 Å². The molecule has 0 unspecified atom stereocenters. The van der Waals surface area contributed by atoms with E-state index in [0.717, 1.165) is 23.5 Å². The minimum atomic E-state index is -0.324. The number of thiazole rings is 1. The first-order valence-electron chi connectivity index (χ1n) is 11.4. The lowest BCUT2D eigenvalue weighted by Gasteiger charge is -2.45. The lowest BCUT2D eigenvalue weighted by atomic mass is 9.84. The molecule has 2 amide bonds. The Hall–Kier alpha value is -4.08. The molecule has 0 bridgehead atoms. The molecule has 184 valence electrons. The van der Waals surface area contributed by atoms with Crippen LogP contribution in [-0.4, -0.2) is 60.7 Å². The summed E-state index contributed by atoms with van der Waals surface area (Å²) in [6.45, 7) is 8.41. The number of nitriles is 1. The minimum absolute atomic E-state index is 0.115. The molecule has 4 aromatic heterocycles. The summed E-state index contributed by atoms with van der Waals surface area (Å²) in [6.07, 6.45) is 8.39. The zero-order valence-corrected chi connectivity index (χ0v) is 21.0. The van der Waals surface area contributed by atoms with Crippen molar-refractivity contribution >= 4 is 39.4 Å². The Balaban J connectivity index is 1.29. The highest BCUT2D eigenvalue weighted by molar-refractivity contribution is 7.21. The van der Waals surface area contributed by atoms with Crippen LogP contribution in [-0.2, 0) is 11.3 Å². The van der Waals surface area contributed by atoms with Crippen LogP contribution in [0.25, 0.3) is 15.3 Å². The molecule has 0 saturated carbocycles. The number of anilines is 2. The van der Waals surface area contributed by atoms with Gasteiger partial charge in [0.1, 0.15) is 11.4 Å². The van der Waals surface area contributed by atoms with Gasteiger partial charge in [0.25, 0.3) is 5.91 Å². The van der Waals surface area contributed by atoms with Crippen LogP contribution < -0.4 is 10.6 Å². The lowest BCUT2D eigenvalue weighted by Crippen LogP contribution is -2.54. The molecule has 5 rings (SSSR count). The van der Waals surface area contributed by atoms with Crippen molar-refractivity contribution in [3.05, 3.63) is 48.3 Å². The maximum atomic E-state index is 13.1. The van der Waals surface area contributed by atoms with E-state index in [-0.39, 0.29) is 23.8 Å². The Morgan fingerprint density at radius 1 is 1.17 bits per heavy atom. The van der Waals surface area contributed by atoms with Gasteiger partial charge in [-0.15, -0.1) is 11.3 Å². The summed E-state index contributed by atoms with van der Waals surface area (Å²) in [5.74, 6) is -0.439. The molecule has 0 aliphatic carbocycles. The van der Waals surface area contributed by atoms with Gasteiger partial charge in [0.05, 0.1) is 58.7 Å². The van der Waals surface area contributed by atoms with E-state index in [9.17, 15) is 9.59 Å². The van der Waals surface area contributed by atoms with E-state index in [1.165, 1.54) is 17.5 Å². The summed E-state index contributed by atoms with van der Waals surface area (Å²) in [6, 6.07) is 3.77. The molecule has 1 aliphatic heterocycles. The molecule has 11 nitrogen and oxygen atoms in total. The van der Waals surface area contributed by atoms with Gasteiger partial charge >= 0.3 is 0 Å². The Morgan fingerprint density at radius 2 is 1.97 bits per heavy atom. The second-order valence-corrected chi connectivity index (χ2v) is 10.7. The average molecular weight is 504 g/mol. The molecular weight excluding hydrogens is 478 g/mol. The van der Waals surface area contributed by atoms with Crippen LogP contribution in [0.2, 0.25) is 0 Å². The monoisotopic (exact) mass is 503 g/mol. The summed E-state index contributed by atoms with van der Waals surface area (Å²) in [5, 5.41) is 23.1. The molecule has 1 saturated heterocycles. The smallest absolute Gasteiger partial charge is 0.260 e. The summed E-state index contributed by atoms with van der Waals surface area (Å²) >= 11 is 1.41. The number of carbonyl (C=O) groups is 2. The first kappa shape index (κ1) is 23.7. The number of nitrogens with zero attached hydrogens (tertiary/aromatic N) is 7. The van der Waals surface area contributed by atoms with Gasteiger partial charge in [0.2, 0.25) is 5.91 Å². The number of likely N-dealkylation sites (tertiary alicyclic amines) is 1. The van der Waals surface area contributed by atoms with Crippen molar-refractivity contribution in [3.63, 3.8) is 0 Å². The maximum Gasteiger partial charge on any atom is 0.260 e. The third-order valence-electron chi connectivity index (χ3n) is 5.88. The first-order chi connectivity index (χ1) is 17.2. The van der Waals surface area contributed by atoms with Gasteiger partial charge in [-0.05, 0) is 18.4 Å². The molecule has 5 heterocycles. The molecule has 12 heteroatoms. The normalized spacial score (nSPS) is 14.8. The third-order valence-corrected chi connectivity index (χ3v) is 7.04. The highest BCUT2D eigenvalue weighted by Crippen LogP contribution is 2.31. The van der Waals surface area contributed by atoms with Crippen molar-refractivity contribution in [3.8, 4) is 16.5 Å². The summed E-state index contributed by atoms with van der Waals surface area (Å²) in [7, 11) is 0. The first-order valence-corrected chi connectivity index (χ1v) is 12.2. The number of hydrogen-bond acceptors (Lipinski definition) is 8. The lowest BCUT2D eigenvalue weighted by molar-refractivity contribution is -0.120. The molecule has 0 atom stereocenters. The fourth-order valence-electron chi connectivity index (χ4n) is 4.32. The third kappa shape index (κ3) is 4.84. The number of aryl methyl sites for hydroxylation is 1. The fraction of sp³-hybridized carbons (Fsp3) is 0.333. The van der Waals surface area contributed by atoms with E-state index in [2.05, 4.69) is 50.6 Å². The van der Waals surface area contributed by atoms with Crippen molar-refractivity contribution in [1.82, 2.24) is 29.3 Å². The SMILES string of the molecule is Cc1ncc(NC(=O)CN2CC(C)(C)C2)cc1NC(=O)c1cnn2cc(-c3cnn(CC#N)c3)sc12. The van der Waals surface area contributed by atoms with Crippen molar-refractivity contribution in [1.29, 1.82) is 5.26 Å². The van der Waals surface area contributed by atoms with E-state index >= 15 is 0 Å². The zero-order chi connectivity index (χ0) is 25.4. The van der Waals surface area contributed by atoms with Crippen LogP contribution in [0.3, 0.4) is 0 Å². The molecule has 4 aromatic rings. The number of pyridine rings is 1. The number of fused-ring (bicyclic) bond motifs is 1. The molecule has 0 aromatic carbocycles. The van der Waals surface area contributed by atoms with Gasteiger partial charge in [-0.3, -0.25) is 24.2 Å².